The number of hydrogen-bond acceptors (Lipinski definition) is 3. The molecule has 4 heteroatoms. The summed E-state index contributed by atoms with van der Waals surface area (Å²) in [6.07, 6.45) is 4.67. The molecule has 0 aromatic rings. The van der Waals surface area contributed by atoms with Crippen molar-refractivity contribution in [2.45, 2.75) is 25.3 Å². The van der Waals surface area contributed by atoms with E-state index in [0.717, 1.165) is 19.3 Å². The van der Waals surface area contributed by atoms with Crippen molar-refractivity contribution in [3.63, 3.8) is 0 Å². The largest absolute Gasteiger partial charge is 0.368 e. The third-order valence-corrected chi connectivity index (χ3v) is 1.96. The fraction of sp³-hybridized carbons (Fsp3) is 0.714. The van der Waals surface area contributed by atoms with Gasteiger partial charge in [-0.15, -0.1) is 0 Å². The van der Waals surface area contributed by atoms with Crippen LogP contribution >= 0.6 is 0 Å². The average Bonchev–Trinajstić information content (AvgIpc) is 2.04. The Balaban J connectivity index is 2.60. The lowest BCUT2D eigenvalue weighted by Gasteiger charge is -2.28. The zero-order chi connectivity index (χ0) is 8.27. The summed E-state index contributed by atoms with van der Waals surface area (Å²) in [5, 5.41) is 8.58. The SMILES string of the molecule is N#CN1CCCCC1C(N)=O. The smallest absolute Gasteiger partial charge is 0.240 e. The van der Waals surface area contributed by atoms with Gasteiger partial charge in [-0.3, -0.25) is 9.69 Å². The summed E-state index contributed by atoms with van der Waals surface area (Å²) < 4.78 is 0. The third kappa shape index (κ3) is 1.61. The summed E-state index contributed by atoms with van der Waals surface area (Å²) in [6.45, 7) is 0.671. The van der Waals surface area contributed by atoms with E-state index in [9.17, 15) is 4.79 Å². The minimum atomic E-state index is -0.383. The Labute approximate surface area is 65.6 Å². The number of amides is 1. The first-order valence-electron chi connectivity index (χ1n) is 3.71. The van der Waals surface area contributed by atoms with Crippen LogP contribution in [0, 0.1) is 11.5 Å². The van der Waals surface area contributed by atoms with Gasteiger partial charge in [0, 0.05) is 6.54 Å². The molecule has 0 bridgehead atoms. The summed E-state index contributed by atoms with van der Waals surface area (Å²) in [5.41, 5.74) is 5.10. The van der Waals surface area contributed by atoms with Crippen molar-refractivity contribution >= 4 is 5.91 Å². The zero-order valence-electron chi connectivity index (χ0n) is 6.29. The van der Waals surface area contributed by atoms with Crippen LogP contribution in [0.3, 0.4) is 0 Å². The summed E-state index contributed by atoms with van der Waals surface area (Å²) in [5.74, 6) is -0.383. The highest BCUT2D eigenvalue weighted by Crippen LogP contribution is 2.14. The molecule has 1 saturated heterocycles. The van der Waals surface area contributed by atoms with Gasteiger partial charge in [0.2, 0.25) is 5.91 Å². The third-order valence-electron chi connectivity index (χ3n) is 1.96. The van der Waals surface area contributed by atoms with E-state index in [1.807, 2.05) is 6.19 Å². The lowest BCUT2D eigenvalue weighted by molar-refractivity contribution is -0.123. The van der Waals surface area contributed by atoms with Gasteiger partial charge in [0.05, 0.1) is 0 Å². The van der Waals surface area contributed by atoms with Crippen LogP contribution in [0.1, 0.15) is 19.3 Å². The number of piperidine rings is 1. The van der Waals surface area contributed by atoms with Crippen molar-refractivity contribution < 1.29 is 4.79 Å². The molecule has 1 unspecified atom stereocenters. The minimum Gasteiger partial charge on any atom is -0.368 e. The first kappa shape index (κ1) is 7.86. The molecule has 1 aliphatic rings. The number of carbonyl (C=O) groups is 1. The molecule has 11 heavy (non-hydrogen) atoms. The Hall–Kier alpha value is -1.24. The van der Waals surface area contributed by atoms with Gasteiger partial charge < -0.3 is 5.73 Å². The maximum Gasteiger partial charge on any atom is 0.240 e. The van der Waals surface area contributed by atoms with Gasteiger partial charge in [-0.05, 0) is 19.3 Å². The van der Waals surface area contributed by atoms with Crippen LogP contribution < -0.4 is 5.73 Å². The van der Waals surface area contributed by atoms with Crippen LogP contribution in [0.25, 0.3) is 0 Å². The lowest BCUT2D eigenvalue weighted by atomic mass is 10.0. The van der Waals surface area contributed by atoms with Crippen LogP contribution in [0.2, 0.25) is 0 Å². The number of nitriles is 1. The molecule has 2 N–H and O–H groups in total. The molecule has 1 rings (SSSR count). The Bertz CT molecular complexity index is 196. The number of rotatable bonds is 1. The quantitative estimate of drug-likeness (QED) is 0.531. The van der Waals surface area contributed by atoms with Crippen molar-refractivity contribution in [2.24, 2.45) is 5.73 Å². The van der Waals surface area contributed by atoms with E-state index in [1.54, 1.807) is 0 Å². The molecule has 1 atom stereocenters. The zero-order valence-corrected chi connectivity index (χ0v) is 6.29. The van der Waals surface area contributed by atoms with Crippen LogP contribution in [0.15, 0.2) is 0 Å². The van der Waals surface area contributed by atoms with Crippen LogP contribution in [-0.2, 0) is 4.79 Å². The molecule has 1 amide bonds. The molecular weight excluding hydrogens is 142 g/mol. The first-order chi connectivity index (χ1) is 5.25. The van der Waals surface area contributed by atoms with Crippen molar-refractivity contribution in [2.75, 3.05) is 6.54 Å². The second kappa shape index (κ2) is 3.24. The fourth-order valence-corrected chi connectivity index (χ4v) is 1.35. The average molecular weight is 153 g/mol. The maximum atomic E-state index is 10.8. The normalized spacial score (nSPS) is 24.3. The molecule has 0 aromatic heterocycles. The van der Waals surface area contributed by atoms with Crippen LogP contribution in [-0.4, -0.2) is 23.4 Å². The Morgan fingerprint density at radius 1 is 1.64 bits per heavy atom. The molecule has 0 spiro atoms. The molecular formula is C7H11N3O. The lowest BCUT2D eigenvalue weighted by Crippen LogP contribution is -2.44. The molecule has 0 aliphatic carbocycles. The minimum absolute atomic E-state index is 0.353. The monoisotopic (exact) mass is 153 g/mol. The summed E-state index contributed by atoms with van der Waals surface area (Å²) >= 11 is 0. The Kier molecular flexibility index (Phi) is 2.32. The molecule has 1 heterocycles. The Morgan fingerprint density at radius 3 is 2.82 bits per heavy atom. The fourth-order valence-electron chi connectivity index (χ4n) is 1.35. The highest BCUT2D eigenvalue weighted by atomic mass is 16.1. The van der Waals surface area contributed by atoms with E-state index in [1.165, 1.54) is 4.90 Å². The van der Waals surface area contributed by atoms with Gasteiger partial charge in [0.1, 0.15) is 6.04 Å². The van der Waals surface area contributed by atoms with Crippen molar-refractivity contribution in [1.29, 1.82) is 5.26 Å². The van der Waals surface area contributed by atoms with E-state index in [0.29, 0.717) is 6.54 Å². The van der Waals surface area contributed by atoms with Crippen molar-refractivity contribution in [3.05, 3.63) is 0 Å². The number of carbonyl (C=O) groups excluding carboxylic acids is 1. The maximum absolute atomic E-state index is 10.8. The molecule has 1 fully saturated rings. The van der Waals surface area contributed by atoms with Gasteiger partial charge in [0.25, 0.3) is 0 Å². The van der Waals surface area contributed by atoms with E-state index in [4.69, 9.17) is 11.0 Å². The summed E-state index contributed by atoms with van der Waals surface area (Å²) in [6, 6.07) is -0.353. The summed E-state index contributed by atoms with van der Waals surface area (Å²) in [4.78, 5) is 12.2. The van der Waals surface area contributed by atoms with Gasteiger partial charge in [-0.2, -0.15) is 5.26 Å². The van der Waals surface area contributed by atoms with E-state index < -0.39 is 0 Å². The van der Waals surface area contributed by atoms with E-state index in [-0.39, 0.29) is 11.9 Å². The highest BCUT2D eigenvalue weighted by Gasteiger charge is 2.25. The van der Waals surface area contributed by atoms with E-state index >= 15 is 0 Å². The van der Waals surface area contributed by atoms with Crippen LogP contribution in [0.5, 0.6) is 0 Å². The predicted octanol–water partition coefficient (Wildman–Crippen LogP) is -0.193. The van der Waals surface area contributed by atoms with Crippen molar-refractivity contribution in [3.8, 4) is 6.19 Å². The predicted molar refractivity (Wildman–Crippen MR) is 39.2 cm³/mol. The topological polar surface area (TPSA) is 70.1 Å². The molecule has 0 saturated carbocycles. The van der Waals surface area contributed by atoms with Gasteiger partial charge in [0.15, 0.2) is 6.19 Å². The molecule has 0 radical (unpaired) electrons. The molecule has 1 aliphatic heterocycles. The number of nitrogens with zero attached hydrogens (tertiary/aromatic N) is 2. The standard InChI is InChI=1S/C7H11N3O/c8-5-10-4-2-1-3-6(10)7(9)11/h6H,1-4H2,(H2,9,11). The molecule has 4 nitrogen and oxygen atoms in total. The second-order valence-electron chi connectivity index (χ2n) is 2.71. The van der Waals surface area contributed by atoms with Crippen LogP contribution in [0.4, 0.5) is 0 Å². The van der Waals surface area contributed by atoms with E-state index in [2.05, 4.69) is 0 Å². The van der Waals surface area contributed by atoms with Crippen molar-refractivity contribution in [1.82, 2.24) is 4.90 Å². The molecule has 0 aromatic carbocycles. The number of nitrogens with two attached hydrogens (primary N) is 1. The van der Waals surface area contributed by atoms with Gasteiger partial charge in [-0.1, -0.05) is 0 Å². The Morgan fingerprint density at radius 2 is 2.36 bits per heavy atom. The number of primary amides is 1. The number of likely N-dealkylation sites (tertiary alicyclic amines) is 1. The molecule has 60 valence electrons. The van der Waals surface area contributed by atoms with Gasteiger partial charge >= 0.3 is 0 Å². The summed E-state index contributed by atoms with van der Waals surface area (Å²) in [7, 11) is 0. The van der Waals surface area contributed by atoms with Gasteiger partial charge in [-0.25, -0.2) is 0 Å². The highest BCUT2D eigenvalue weighted by molar-refractivity contribution is 5.80. The second-order valence-corrected chi connectivity index (χ2v) is 2.71. The number of hydrogen-bond donors (Lipinski definition) is 1. The first-order valence-corrected chi connectivity index (χ1v) is 3.71.